The van der Waals surface area contributed by atoms with Crippen molar-refractivity contribution in [3.8, 4) is 0 Å². The van der Waals surface area contributed by atoms with Crippen LogP contribution in [0.15, 0.2) is 69.0 Å². The minimum Gasteiger partial charge on any atom is -0.354 e. The molecule has 0 aliphatic carbocycles. The van der Waals surface area contributed by atoms with Crippen LogP contribution in [0.3, 0.4) is 0 Å². The molecule has 3 aromatic heterocycles. The highest BCUT2D eigenvalue weighted by molar-refractivity contribution is 6.25. The van der Waals surface area contributed by atoms with Crippen molar-refractivity contribution in [1.82, 2.24) is 15.0 Å². The largest absolute Gasteiger partial charge is 0.416 e. The van der Waals surface area contributed by atoms with Gasteiger partial charge in [0.15, 0.2) is 16.3 Å². The number of H-pyrrole nitrogens is 3. The number of aryl methyl sites for hydroxylation is 1. The van der Waals surface area contributed by atoms with E-state index < -0.39 is 39.8 Å². The molecule has 210 valence electrons. The summed E-state index contributed by atoms with van der Waals surface area (Å²) in [6, 6.07) is 9.83. The van der Waals surface area contributed by atoms with Crippen molar-refractivity contribution in [1.29, 1.82) is 0 Å². The van der Waals surface area contributed by atoms with Crippen molar-refractivity contribution in [3.05, 3.63) is 102 Å². The van der Waals surface area contributed by atoms with E-state index >= 15 is 0 Å². The van der Waals surface area contributed by atoms with Crippen LogP contribution in [-0.2, 0) is 12.4 Å². The molecule has 0 spiro atoms. The Morgan fingerprint density at radius 1 is 0.500 bits per heavy atom. The second-order valence-corrected chi connectivity index (χ2v) is 10.2. The number of aromatic amines is 3. The Morgan fingerprint density at radius 2 is 0.833 bits per heavy atom. The zero-order valence-corrected chi connectivity index (χ0v) is 21.2. The molecule has 3 N–H and O–H groups in total. The smallest absolute Gasteiger partial charge is 0.354 e. The van der Waals surface area contributed by atoms with E-state index in [1.54, 1.807) is 25.1 Å². The average molecular weight is 579 g/mol. The Hall–Kier alpha value is -5.13. The van der Waals surface area contributed by atoms with Crippen LogP contribution in [0.25, 0.3) is 65.4 Å². The van der Waals surface area contributed by atoms with E-state index in [1.807, 2.05) is 0 Å². The summed E-state index contributed by atoms with van der Waals surface area (Å²) in [4.78, 5) is 50.3. The van der Waals surface area contributed by atoms with Gasteiger partial charge in [-0.25, -0.2) is 0 Å². The summed E-state index contributed by atoms with van der Waals surface area (Å²) in [6.45, 7) is 1.78. The number of nitrogens with one attached hydrogen (secondary N) is 3. The Labute approximate surface area is 228 Å². The van der Waals surface area contributed by atoms with Crippen molar-refractivity contribution >= 4 is 65.4 Å². The molecule has 0 atom stereocenters. The molecule has 0 fully saturated rings. The highest BCUT2D eigenvalue weighted by Crippen LogP contribution is 2.35. The quantitative estimate of drug-likeness (QED) is 0.102. The number of halogens is 6. The van der Waals surface area contributed by atoms with E-state index in [0.717, 1.165) is 42.0 Å². The lowest BCUT2D eigenvalue weighted by molar-refractivity contribution is -0.138. The molecular formula is C30H15F6N3O3. The number of rotatable bonds is 0. The van der Waals surface area contributed by atoms with E-state index in [4.69, 9.17) is 0 Å². The summed E-state index contributed by atoms with van der Waals surface area (Å²) in [5, 5.41) is -0.643. The highest BCUT2D eigenvalue weighted by Gasteiger charge is 2.32. The lowest BCUT2D eigenvalue weighted by Gasteiger charge is -2.14. The third-order valence-electron chi connectivity index (χ3n) is 7.56. The standard InChI is InChI=1S/C30H15F6N3O3/c1-11-2-5-14-17(8-11)37-23-20(26(14)40)24-22(28(42)16-7-4-13(30(34,35)36)10-19(16)38-24)25-21(23)27(41)15-6-3-12(29(31,32)33)9-18(15)39-25/h2-10H,1H3,(H,37,40)(H,38,42)(H,39,41). The summed E-state index contributed by atoms with van der Waals surface area (Å²) < 4.78 is 81.0. The fourth-order valence-corrected chi connectivity index (χ4v) is 5.62. The van der Waals surface area contributed by atoms with Crippen molar-refractivity contribution in [3.63, 3.8) is 0 Å². The molecule has 0 bridgehead atoms. The minimum absolute atomic E-state index is 0.0226. The molecule has 0 aliphatic heterocycles. The zero-order valence-electron chi connectivity index (χ0n) is 21.2. The molecule has 0 aliphatic rings. The van der Waals surface area contributed by atoms with Gasteiger partial charge in [0.25, 0.3) is 0 Å². The molecule has 42 heavy (non-hydrogen) atoms. The zero-order chi connectivity index (χ0) is 29.9. The molecule has 7 rings (SSSR count). The number of fused-ring (bicyclic) bond motifs is 9. The predicted molar refractivity (Wildman–Crippen MR) is 148 cm³/mol. The maximum absolute atomic E-state index is 13.9. The van der Waals surface area contributed by atoms with Gasteiger partial charge < -0.3 is 15.0 Å². The van der Waals surface area contributed by atoms with Crippen molar-refractivity contribution < 1.29 is 26.3 Å². The van der Waals surface area contributed by atoms with Crippen LogP contribution in [0.4, 0.5) is 26.3 Å². The van der Waals surface area contributed by atoms with Crippen LogP contribution < -0.4 is 16.3 Å². The molecule has 12 heteroatoms. The van der Waals surface area contributed by atoms with Crippen LogP contribution in [0, 0.1) is 6.92 Å². The Morgan fingerprint density at radius 3 is 1.19 bits per heavy atom. The molecule has 0 saturated carbocycles. The first kappa shape index (κ1) is 25.8. The van der Waals surface area contributed by atoms with E-state index in [1.165, 1.54) is 0 Å². The number of hydrogen-bond acceptors (Lipinski definition) is 3. The van der Waals surface area contributed by atoms with Crippen molar-refractivity contribution in [2.75, 3.05) is 0 Å². The minimum atomic E-state index is -4.72. The Kier molecular flexibility index (Phi) is 5.05. The molecule has 0 saturated heterocycles. The van der Waals surface area contributed by atoms with Gasteiger partial charge in [-0.3, -0.25) is 14.4 Å². The van der Waals surface area contributed by atoms with Gasteiger partial charge in [0, 0.05) is 16.2 Å². The number of aromatic nitrogens is 3. The first-order valence-electron chi connectivity index (χ1n) is 12.5. The van der Waals surface area contributed by atoms with Crippen molar-refractivity contribution in [2.24, 2.45) is 0 Å². The monoisotopic (exact) mass is 579 g/mol. The number of pyridine rings is 3. The summed E-state index contributed by atoms with van der Waals surface area (Å²) in [5.74, 6) is 0. The third-order valence-corrected chi connectivity index (χ3v) is 7.56. The van der Waals surface area contributed by atoms with Gasteiger partial charge in [0.1, 0.15) is 0 Å². The van der Waals surface area contributed by atoms with Gasteiger partial charge in [0.2, 0.25) is 0 Å². The topological polar surface area (TPSA) is 98.6 Å². The maximum atomic E-state index is 13.9. The Bertz CT molecular complexity index is 2460. The lowest BCUT2D eigenvalue weighted by Crippen LogP contribution is -2.16. The summed E-state index contributed by atoms with van der Waals surface area (Å²) >= 11 is 0. The summed E-state index contributed by atoms with van der Waals surface area (Å²) in [7, 11) is 0. The van der Waals surface area contributed by atoms with Crippen LogP contribution in [-0.4, -0.2) is 15.0 Å². The van der Waals surface area contributed by atoms with Gasteiger partial charge >= 0.3 is 12.4 Å². The molecular weight excluding hydrogens is 564 g/mol. The molecule has 3 heterocycles. The summed E-state index contributed by atoms with van der Waals surface area (Å²) in [5.41, 5.74) is -3.89. The van der Waals surface area contributed by atoms with Crippen LogP contribution in [0.5, 0.6) is 0 Å². The van der Waals surface area contributed by atoms with Gasteiger partial charge in [-0.05, 0) is 61.0 Å². The number of benzene rings is 4. The van der Waals surface area contributed by atoms with E-state index in [0.29, 0.717) is 5.52 Å². The molecule has 4 aromatic carbocycles. The van der Waals surface area contributed by atoms with E-state index in [-0.39, 0.29) is 59.9 Å². The number of alkyl halides is 6. The molecule has 0 unspecified atom stereocenters. The highest BCUT2D eigenvalue weighted by atomic mass is 19.4. The first-order chi connectivity index (χ1) is 19.7. The second kappa shape index (κ2) is 8.21. The fraction of sp³-hybridized carbons (Fsp3) is 0.100. The fourth-order valence-electron chi connectivity index (χ4n) is 5.62. The molecule has 0 radical (unpaired) electrons. The van der Waals surface area contributed by atoms with Gasteiger partial charge in [0.05, 0.1) is 60.4 Å². The van der Waals surface area contributed by atoms with Crippen LogP contribution >= 0.6 is 0 Å². The Balaban J connectivity index is 1.80. The third kappa shape index (κ3) is 3.57. The SMILES string of the molecule is Cc1ccc2c(=O)c3c([nH]c2c1)c1c(=O)c2ccc(C(F)(F)F)cc2[nH]c1c1c(=O)c2ccc(C(F)(F)F)cc2[nH]c31. The first-order valence-corrected chi connectivity index (χ1v) is 12.5. The normalized spacial score (nSPS) is 12.9. The van der Waals surface area contributed by atoms with Crippen LogP contribution in [0.1, 0.15) is 16.7 Å². The van der Waals surface area contributed by atoms with Gasteiger partial charge in [-0.2, -0.15) is 26.3 Å². The maximum Gasteiger partial charge on any atom is 0.416 e. The second-order valence-electron chi connectivity index (χ2n) is 10.2. The van der Waals surface area contributed by atoms with Crippen molar-refractivity contribution in [2.45, 2.75) is 19.3 Å². The molecule has 0 amide bonds. The van der Waals surface area contributed by atoms with Crippen LogP contribution in [0.2, 0.25) is 0 Å². The predicted octanol–water partition coefficient (Wildman–Crippen LogP) is 7.02. The van der Waals surface area contributed by atoms with E-state index in [9.17, 15) is 40.7 Å². The molecule has 6 nitrogen and oxygen atoms in total. The van der Waals surface area contributed by atoms with Gasteiger partial charge in [-0.15, -0.1) is 0 Å². The number of hydrogen-bond donors (Lipinski definition) is 3. The van der Waals surface area contributed by atoms with E-state index in [2.05, 4.69) is 15.0 Å². The lowest BCUT2D eigenvalue weighted by atomic mass is 9.97. The average Bonchev–Trinajstić information content (AvgIpc) is 2.91. The summed E-state index contributed by atoms with van der Waals surface area (Å²) in [6.07, 6.45) is -9.45. The molecule has 7 aromatic rings. The van der Waals surface area contributed by atoms with Gasteiger partial charge in [-0.1, -0.05) is 6.07 Å².